The molecule has 5 nitrogen and oxygen atoms in total. The summed E-state index contributed by atoms with van der Waals surface area (Å²) in [5.41, 5.74) is 1.42. The first kappa shape index (κ1) is 17.7. The van der Waals surface area contributed by atoms with Crippen LogP contribution in [0.3, 0.4) is 0 Å². The van der Waals surface area contributed by atoms with Crippen molar-refractivity contribution in [3.63, 3.8) is 0 Å². The number of nitrogens with one attached hydrogen (secondary N) is 1. The molecule has 0 aliphatic heterocycles. The summed E-state index contributed by atoms with van der Waals surface area (Å²) in [4.78, 5) is 15.5. The summed E-state index contributed by atoms with van der Waals surface area (Å²) in [6.45, 7) is 1.76. The molecule has 5 fully saturated rings. The van der Waals surface area contributed by atoms with Crippen LogP contribution in [-0.4, -0.2) is 46.8 Å². The largest absolute Gasteiger partial charge is 0.355 e. The average Bonchev–Trinajstić information content (AvgIpc) is 3.35. The summed E-state index contributed by atoms with van der Waals surface area (Å²) in [5, 5.41) is 7.95. The van der Waals surface area contributed by atoms with Crippen molar-refractivity contribution in [3.05, 3.63) is 18.0 Å². The molecule has 3 unspecified atom stereocenters. The topological polar surface area (TPSA) is 50.2 Å². The van der Waals surface area contributed by atoms with E-state index in [1.807, 2.05) is 6.20 Å². The predicted octanol–water partition coefficient (Wildman–Crippen LogP) is 3.27. The van der Waals surface area contributed by atoms with Gasteiger partial charge in [-0.25, -0.2) is 0 Å². The van der Waals surface area contributed by atoms with Crippen LogP contribution in [0.15, 0.2) is 12.3 Å². The van der Waals surface area contributed by atoms with Gasteiger partial charge in [0.15, 0.2) is 0 Å². The fourth-order valence-corrected chi connectivity index (χ4v) is 6.45. The first-order chi connectivity index (χ1) is 13.2. The van der Waals surface area contributed by atoms with Crippen molar-refractivity contribution in [2.24, 2.45) is 11.8 Å². The molecular formula is C22H34N4O. The smallest absolute Gasteiger partial charge is 0.224 e. The normalized spacial score (nSPS) is 33.3. The molecule has 5 heteroatoms. The molecule has 5 saturated carbocycles. The van der Waals surface area contributed by atoms with E-state index >= 15 is 0 Å². The highest BCUT2D eigenvalue weighted by Gasteiger charge is 2.64. The van der Waals surface area contributed by atoms with E-state index < -0.39 is 0 Å². The molecular weight excluding hydrogens is 336 g/mol. The van der Waals surface area contributed by atoms with Crippen LogP contribution in [0.4, 0.5) is 0 Å². The summed E-state index contributed by atoms with van der Waals surface area (Å²) in [6, 6.07) is 3.51. The molecule has 1 aromatic rings. The van der Waals surface area contributed by atoms with Crippen molar-refractivity contribution in [3.8, 4) is 0 Å². The van der Waals surface area contributed by atoms with Gasteiger partial charge in [-0.3, -0.25) is 9.48 Å². The van der Waals surface area contributed by atoms with E-state index in [0.717, 1.165) is 25.6 Å². The second kappa shape index (κ2) is 6.91. The molecule has 148 valence electrons. The summed E-state index contributed by atoms with van der Waals surface area (Å²) >= 11 is 0. The maximum absolute atomic E-state index is 13.1. The van der Waals surface area contributed by atoms with E-state index in [0.29, 0.717) is 17.9 Å². The van der Waals surface area contributed by atoms with E-state index in [1.165, 1.54) is 63.5 Å². The molecule has 2 bridgehead atoms. The van der Waals surface area contributed by atoms with Gasteiger partial charge < -0.3 is 10.2 Å². The van der Waals surface area contributed by atoms with Gasteiger partial charge in [-0.05, 0) is 70.4 Å². The highest BCUT2D eigenvalue weighted by atomic mass is 16.2. The molecule has 0 aromatic carbocycles. The number of nitrogens with zero attached hydrogens (tertiary/aromatic N) is 3. The standard InChI is InChI=1S/C22H34N4O/c1-25(17-5-2-3-6-17)14-13-23-21(27)20-16-9-11-22(20,15-16)19-10-12-24-26(19)18-7-4-8-18/h10,12,16-18,20H,2-9,11,13-15H2,1H3,(H,23,27). The van der Waals surface area contributed by atoms with Crippen molar-refractivity contribution in [1.29, 1.82) is 0 Å². The lowest BCUT2D eigenvalue weighted by molar-refractivity contribution is -0.133. The van der Waals surface area contributed by atoms with Crippen LogP contribution in [0.5, 0.6) is 0 Å². The number of aromatic nitrogens is 2. The van der Waals surface area contributed by atoms with Crippen LogP contribution in [0.1, 0.15) is 75.9 Å². The zero-order valence-corrected chi connectivity index (χ0v) is 16.7. The minimum Gasteiger partial charge on any atom is -0.355 e. The Morgan fingerprint density at radius 3 is 2.78 bits per heavy atom. The monoisotopic (exact) mass is 370 g/mol. The third-order valence-corrected chi connectivity index (χ3v) is 8.25. The molecule has 5 aliphatic carbocycles. The number of hydrogen-bond acceptors (Lipinski definition) is 3. The minimum atomic E-state index is 0.0677. The highest BCUT2D eigenvalue weighted by Crippen LogP contribution is 2.64. The van der Waals surface area contributed by atoms with Crippen LogP contribution in [0.25, 0.3) is 0 Å². The Balaban J connectivity index is 1.22. The lowest BCUT2D eigenvalue weighted by Gasteiger charge is -2.47. The number of carbonyl (C=O) groups is 1. The third kappa shape index (κ3) is 2.84. The van der Waals surface area contributed by atoms with Gasteiger partial charge in [0.05, 0.1) is 12.0 Å². The number of carbonyl (C=O) groups excluding carboxylic acids is 1. The van der Waals surface area contributed by atoms with Gasteiger partial charge in [0.25, 0.3) is 0 Å². The average molecular weight is 371 g/mol. The van der Waals surface area contributed by atoms with Crippen LogP contribution in [-0.2, 0) is 10.2 Å². The Bertz CT molecular complexity index is 686. The van der Waals surface area contributed by atoms with Crippen molar-refractivity contribution < 1.29 is 4.79 Å². The van der Waals surface area contributed by atoms with Crippen LogP contribution < -0.4 is 5.32 Å². The number of rotatable bonds is 7. The number of hydrogen-bond donors (Lipinski definition) is 1. The first-order valence-electron chi connectivity index (χ1n) is 11.2. The van der Waals surface area contributed by atoms with Crippen LogP contribution in [0.2, 0.25) is 0 Å². The van der Waals surface area contributed by atoms with Crippen molar-refractivity contribution >= 4 is 5.91 Å². The lowest BCUT2D eigenvalue weighted by Crippen LogP contribution is -2.54. The van der Waals surface area contributed by atoms with Crippen molar-refractivity contribution in [1.82, 2.24) is 20.0 Å². The number of fused-ring (bicyclic) bond motifs is 1. The third-order valence-electron chi connectivity index (χ3n) is 8.25. The summed E-state index contributed by atoms with van der Waals surface area (Å²) < 4.78 is 2.28. The first-order valence-corrected chi connectivity index (χ1v) is 11.2. The van der Waals surface area contributed by atoms with E-state index in [9.17, 15) is 4.79 Å². The Kier molecular flexibility index (Phi) is 4.53. The molecule has 1 N–H and O–H groups in total. The molecule has 1 heterocycles. The summed E-state index contributed by atoms with van der Waals surface area (Å²) in [7, 11) is 2.22. The quantitative estimate of drug-likeness (QED) is 0.801. The molecule has 0 radical (unpaired) electrons. The lowest BCUT2D eigenvalue weighted by atomic mass is 9.58. The Morgan fingerprint density at radius 1 is 1.26 bits per heavy atom. The summed E-state index contributed by atoms with van der Waals surface area (Å²) in [5.74, 6) is 1.05. The molecule has 6 rings (SSSR count). The second-order valence-electron chi connectivity index (χ2n) is 9.59. The molecule has 1 amide bonds. The molecule has 27 heavy (non-hydrogen) atoms. The maximum atomic E-state index is 13.1. The van der Waals surface area contributed by atoms with Gasteiger partial charge in [0.1, 0.15) is 0 Å². The Morgan fingerprint density at radius 2 is 2.07 bits per heavy atom. The van der Waals surface area contributed by atoms with E-state index in [-0.39, 0.29) is 11.3 Å². The van der Waals surface area contributed by atoms with Crippen LogP contribution in [0, 0.1) is 11.8 Å². The van der Waals surface area contributed by atoms with E-state index in [2.05, 4.69) is 33.1 Å². The SMILES string of the molecule is CN(CCNC(=O)C1C2CCC1(c1ccnn1C1CCC1)C2)C1CCCC1. The second-order valence-corrected chi connectivity index (χ2v) is 9.59. The zero-order valence-electron chi connectivity index (χ0n) is 16.7. The number of likely N-dealkylation sites (N-methyl/N-ethyl adjacent to an activating group) is 1. The minimum absolute atomic E-state index is 0.0677. The fourth-order valence-electron chi connectivity index (χ4n) is 6.45. The van der Waals surface area contributed by atoms with Crippen molar-refractivity contribution in [2.75, 3.05) is 20.1 Å². The van der Waals surface area contributed by atoms with Gasteiger partial charge in [0.2, 0.25) is 5.91 Å². The molecule has 0 saturated heterocycles. The van der Waals surface area contributed by atoms with E-state index in [4.69, 9.17) is 0 Å². The van der Waals surface area contributed by atoms with Crippen molar-refractivity contribution in [2.45, 2.75) is 81.7 Å². The van der Waals surface area contributed by atoms with E-state index in [1.54, 1.807) is 0 Å². The number of amides is 1. The predicted molar refractivity (Wildman–Crippen MR) is 106 cm³/mol. The zero-order chi connectivity index (χ0) is 18.4. The van der Waals surface area contributed by atoms with Gasteiger partial charge in [-0.1, -0.05) is 12.8 Å². The highest BCUT2D eigenvalue weighted by molar-refractivity contribution is 5.82. The summed E-state index contributed by atoms with van der Waals surface area (Å²) in [6.07, 6.45) is 14.7. The van der Waals surface area contributed by atoms with Crippen LogP contribution >= 0.6 is 0 Å². The van der Waals surface area contributed by atoms with Gasteiger partial charge >= 0.3 is 0 Å². The molecule has 1 aromatic heterocycles. The molecule has 0 spiro atoms. The fraction of sp³-hybridized carbons (Fsp3) is 0.818. The molecule has 5 aliphatic rings. The van der Waals surface area contributed by atoms with Gasteiger partial charge in [-0.2, -0.15) is 5.10 Å². The van der Waals surface area contributed by atoms with Gasteiger partial charge in [0, 0.05) is 36.4 Å². The molecule has 3 atom stereocenters. The maximum Gasteiger partial charge on any atom is 0.224 e. The Hall–Kier alpha value is -1.36. The Labute approximate surface area is 162 Å². The van der Waals surface area contributed by atoms with Gasteiger partial charge in [-0.15, -0.1) is 0 Å².